The van der Waals surface area contributed by atoms with Crippen LogP contribution in [0, 0.1) is 11.7 Å². The number of hydrogen-bond acceptors (Lipinski definition) is 6. The molecule has 1 saturated heterocycles. The fourth-order valence-electron chi connectivity index (χ4n) is 3.72. The standard InChI is InChI=1S/C20H24FN5O/c1-14-4-2-10-26(12-14)11-3-9-22-19-17-18(15-5-7-16(21)8-6-15)25-27-20(17)24-13-23-19/h5-8,13-14H,2-4,9-12H2,1H3,(H,22,23,24)/t14-/m1/s1. The van der Waals surface area contributed by atoms with Gasteiger partial charge in [0.05, 0.1) is 0 Å². The van der Waals surface area contributed by atoms with Crippen LogP contribution in [0.15, 0.2) is 35.1 Å². The van der Waals surface area contributed by atoms with Crippen LogP contribution in [0.1, 0.15) is 26.2 Å². The van der Waals surface area contributed by atoms with Crippen molar-refractivity contribution < 1.29 is 8.91 Å². The topological polar surface area (TPSA) is 67.1 Å². The van der Waals surface area contributed by atoms with Crippen molar-refractivity contribution in [2.75, 3.05) is 31.5 Å². The second-order valence-corrected chi connectivity index (χ2v) is 7.27. The molecule has 4 rings (SSSR count). The number of halogens is 1. The maximum atomic E-state index is 13.2. The van der Waals surface area contributed by atoms with Gasteiger partial charge in [0.2, 0.25) is 0 Å². The van der Waals surface area contributed by atoms with Gasteiger partial charge in [0.1, 0.15) is 29.0 Å². The third kappa shape index (κ3) is 4.08. The molecule has 1 aromatic carbocycles. The molecule has 1 aliphatic heterocycles. The van der Waals surface area contributed by atoms with E-state index in [0.717, 1.165) is 36.4 Å². The molecule has 142 valence electrons. The van der Waals surface area contributed by atoms with E-state index in [-0.39, 0.29) is 5.82 Å². The Morgan fingerprint density at radius 1 is 1.26 bits per heavy atom. The zero-order valence-corrected chi connectivity index (χ0v) is 15.5. The Hall–Kier alpha value is -2.54. The van der Waals surface area contributed by atoms with E-state index in [2.05, 4.69) is 32.3 Å². The first-order valence-corrected chi connectivity index (χ1v) is 9.53. The summed E-state index contributed by atoms with van der Waals surface area (Å²) < 4.78 is 18.6. The van der Waals surface area contributed by atoms with Crippen molar-refractivity contribution in [2.45, 2.75) is 26.2 Å². The van der Waals surface area contributed by atoms with Crippen molar-refractivity contribution in [3.63, 3.8) is 0 Å². The molecule has 3 aromatic rings. The molecule has 1 atom stereocenters. The summed E-state index contributed by atoms with van der Waals surface area (Å²) in [7, 11) is 0. The molecule has 7 heteroatoms. The minimum Gasteiger partial charge on any atom is -0.369 e. The lowest BCUT2D eigenvalue weighted by atomic mass is 10.0. The van der Waals surface area contributed by atoms with Crippen LogP contribution < -0.4 is 5.32 Å². The monoisotopic (exact) mass is 369 g/mol. The van der Waals surface area contributed by atoms with Crippen LogP contribution in [0.5, 0.6) is 0 Å². The first kappa shape index (κ1) is 17.9. The molecule has 0 amide bonds. The van der Waals surface area contributed by atoms with E-state index in [1.807, 2.05) is 0 Å². The molecular formula is C20H24FN5O. The summed E-state index contributed by atoms with van der Waals surface area (Å²) in [5.41, 5.74) is 1.82. The highest BCUT2D eigenvalue weighted by molar-refractivity contribution is 5.97. The largest absolute Gasteiger partial charge is 0.369 e. The number of piperidine rings is 1. The maximum Gasteiger partial charge on any atom is 0.263 e. The van der Waals surface area contributed by atoms with E-state index >= 15 is 0 Å². The first-order valence-electron chi connectivity index (χ1n) is 9.53. The molecule has 1 N–H and O–H groups in total. The number of rotatable bonds is 6. The summed E-state index contributed by atoms with van der Waals surface area (Å²) in [4.78, 5) is 11.1. The van der Waals surface area contributed by atoms with Gasteiger partial charge in [0.15, 0.2) is 0 Å². The summed E-state index contributed by atoms with van der Waals surface area (Å²) in [5.74, 6) is 1.21. The Kier molecular flexibility index (Phi) is 5.29. The van der Waals surface area contributed by atoms with Gasteiger partial charge in [-0.25, -0.2) is 9.37 Å². The van der Waals surface area contributed by atoms with Crippen LogP contribution in [0.25, 0.3) is 22.4 Å². The lowest BCUT2D eigenvalue weighted by molar-refractivity contribution is 0.183. The predicted octanol–water partition coefficient (Wildman–Crippen LogP) is 3.96. The summed E-state index contributed by atoms with van der Waals surface area (Å²) in [6, 6.07) is 6.18. The number of anilines is 1. The zero-order chi connectivity index (χ0) is 18.6. The predicted molar refractivity (Wildman–Crippen MR) is 103 cm³/mol. The zero-order valence-electron chi connectivity index (χ0n) is 15.5. The Morgan fingerprint density at radius 2 is 2.11 bits per heavy atom. The van der Waals surface area contributed by atoms with Gasteiger partial charge in [0.25, 0.3) is 5.71 Å². The fourth-order valence-corrected chi connectivity index (χ4v) is 3.72. The molecule has 0 radical (unpaired) electrons. The summed E-state index contributed by atoms with van der Waals surface area (Å²) in [6.07, 6.45) is 5.14. The molecule has 0 bridgehead atoms. The smallest absolute Gasteiger partial charge is 0.263 e. The number of nitrogens with zero attached hydrogens (tertiary/aromatic N) is 4. The second kappa shape index (κ2) is 8.00. The van der Waals surface area contributed by atoms with Crippen molar-refractivity contribution in [3.8, 4) is 11.3 Å². The third-order valence-corrected chi connectivity index (χ3v) is 5.08. The van der Waals surface area contributed by atoms with Gasteiger partial charge >= 0.3 is 0 Å². The van der Waals surface area contributed by atoms with Crippen LogP contribution in [0.3, 0.4) is 0 Å². The number of hydrogen-bond donors (Lipinski definition) is 1. The molecular weight excluding hydrogens is 345 g/mol. The van der Waals surface area contributed by atoms with E-state index in [0.29, 0.717) is 17.2 Å². The number of aromatic nitrogens is 3. The van der Waals surface area contributed by atoms with Crippen molar-refractivity contribution in [3.05, 3.63) is 36.4 Å². The molecule has 6 nitrogen and oxygen atoms in total. The molecule has 0 aliphatic carbocycles. The van der Waals surface area contributed by atoms with E-state index in [1.54, 1.807) is 12.1 Å². The quantitative estimate of drug-likeness (QED) is 0.664. The van der Waals surface area contributed by atoms with Crippen LogP contribution in [-0.2, 0) is 0 Å². The molecule has 1 aliphatic rings. The molecule has 0 unspecified atom stereocenters. The summed E-state index contributed by atoms with van der Waals surface area (Å²) in [5, 5.41) is 8.24. The molecule has 0 saturated carbocycles. The highest BCUT2D eigenvalue weighted by Crippen LogP contribution is 2.31. The molecule has 1 fully saturated rings. The van der Waals surface area contributed by atoms with Crippen molar-refractivity contribution in [1.82, 2.24) is 20.0 Å². The molecule has 0 spiro atoms. The number of fused-ring (bicyclic) bond motifs is 1. The van der Waals surface area contributed by atoms with Crippen molar-refractivity contribution in [2.24, 2.45) is 5.92 Å². The Bertz CT molecular complexity index is 895. The van der Waals surface area contributed by atoms with Gasteiger partial charge in [-0.1, -0.05) is 12.1 Å². The van der Waals surface area contributed by atoms with Crippen molar-refractivity contribution >= 4 is 16.9 Å². The van der Waals surface area contributed by atoms with Crippen LogP contribution >= 0.6 is 0 Å². The molecule has 27 heavy (non-hydrogen) atoms. The highest BCUT2D eigenvalue weighted by atomic mass is 19.1. The Labute approximate surface area is 157 Å². The van der Waals surface area contributed by atoms with Crippen LogP contribution in [-0.4, -0.2) is 46.2 Å². The highest BCUT2D eigenvalue weighted by Gasteiger charge is 2.18. The second-order valence-electron chi connectivity index (χ2n) is 7.27. The average molecular weight is 369 g/mol. The van der Waals surface area contributed by atoms with Crippen LogP contribution in [0.4, 0.5) is 10.2 Å². The van der Waals surface area contributed by atoms with Gasteiger partial charge in [0, 0.05) is 18.7 Å². The van der Waals surface area contributed by atoms with E-state index in [9.17, 15) is 4.39 Å². The average Bonchev–Trinajstić information content (AvgIpc) is 3.11. The number of nitrogens with one attached hydrogen (secondary N) is 1. The number of likely N-dealkylation sites (tertiary alicyclic amines) is 1. The van der Waals surface area contributed by atoms with E-state index in [4.69, 9.17) is 4.52 Å². The Morgan fingerprint density at radius 3 is 2.93 bits per heavy atom. The van der Waals surface area contributed by atoms with Gasteiger partial charge in [-0.2, -0.15) is 4.98 Å². The van der Waals surface area contributed by atoms with E-state index < -0.39 is 0 Å². The maximum absolute atomic E-state index is 13.2. The number of benzene rings is 1. The summed E-state index contributed by atoms with van der Waals surface area (Å²) in [6.45, 7) is 6.61. The van der Waals surface area contributed by atoms with Gasteiger partial charge in [-0.05, 0) is 62.5 Å². The van der Waals surface area contributed by atoms with Gasteiger partial charge < -0.3 is 14.7 Å². The first-order chi connectivity index (χ1) is 13.2. The summed E-state index contributed by atoms with van der Waals surface area (Å²) >= 11 is 0. The fraction of sp³-hybridized carbons (Fsp3) is 0.450. The Balaban J connectivity index is 1.45. The lowest BCUT2D eigenvalue weighted by Crippen LogP contribution is -2.35. The third-order valence-electron chi connectivity index (χ3n) is 5.08. The lowest BCUT2D eigenvalue weighted by Gasteiger charge is -2.30. The normalized spacial score (nSPS) is 18.1. The van der Waals surface area contributed by atoms with Crippen LogP contribution in [0.2, 0.25) is 0 Å². The molecule has 2 aromatic heterocycles. The molecule has 3 heterocycles. The minimum atomic E-state index is -0.284. The minimum absolute atomic E-state index is 0.284. The van der Waals surface area contributed by atoms with E-state index in [1.165, 1.54) is 44.4 Å². The SMILES string of the molecule is C[C@@H]1CCCN(CCCNc2ncnc3onc(-c4ccc(F)cc4)c23)C1. The van der Waals surface area contributed by atoms with Gasteiger partial charge in [-0.3, -0.25) is 0 Å². The van der Waals surface area contributed by atoms with Gasteiger partial charge in [-0.15, -0.1) is 0 Å². The van der Waals surface area contributed by atoms with Crippen molar-refractivity contribution in [1.29, 1.82) is 0 Å².